The van der Waals surface area contributed by atoms with Crippen LogP contribution in [-0.4, -0.2) is 26.3 Å². The number of amides is 1. The molecule has 1 saturated carbocycles. The second kappa shape index (κ2) is 9.81. The molecule has 0 saturated heterocycles. The Hall–Kier alpha value is -3.82. The molecule has 3 aromatic rings. The first-order chi connectivity index (χ1) is 16.6. The maximum Gasteiger partial charge on any atom is 0.423 e. The number of rotatable bonds is 8. The molecule has 7 nitrogen and oxygen atoms in total. The number of hydrogen-bond acceptors (Lipinski definition) is 5. The number of imidazole rings is 1. The molecular weight excluding hydrogens is 463 g/mol. The van der Waals surface area contributed by atoms with Gasteiger partial charge in [0, 0.05) is 25.7 Å². The van der Waals surface area contributed by atoms with Crippen LogP contribution in [0.2, 0.25) is 0 Å². The summed E-state index contributed by atoms with van der Waals surface area (Å²) in [6.45, 7) is 0.0676. The van der Waals surface area contributed by atoms with E-state index < -0.39 is 29.0 Å². The molecule has 0 aliphatic heterocycles. The molecule has 0 atom stereocenters. The smallest absolute Gasteiger partial charge is 0.423 e. The molecule has 1 aliphatic rings. The molecule has 1 heterocycles. The SMILES string of the molecule is Cn1cnc(C(=O)NCc2ccc(COc3ccc(C(=O)C4CCC4)c(O)c3C(F)(F)F)cc2)c1. The Labute approximate surface area is 199 Å². The first-order valence-corrected chi connectivity index (χ1v) is 11.1. The van der Waals surface area contributed by atoms with Gasteiger partial charge in [0.05, 0.1) is 11.9 Å². The first-order valence-electron chi connectivity index (χ1n) is 11.1. The van der Waals surface area contributed by atoms with Crippen molar-refractivity contribution in [1.29, 1.82) is 0 Å². The van der Waals surface area contributed by atoms with Gasteiger partial charge in [0.15, 0.2) is 5.78 Å². The number of benzene rings is 2. The number of halogens is 3. The van der Waals surface area contributed by atoms with Crippen molar-refractivity contribution in [3.8, 4) is 11.5 Å². The Morgan fingerprint density at radius 1 is 1.14 bits per heavy atom. The molecule has 1 aliphatic carbocycles. The highest BCUT2D eigenvalue weighted by Gasteiger charge is 2.40. The monoisotopic (exact) mass is 487 g/mol. The number of ether oxygens (including phenoxy) is 1. The summed E-state index contributed by atoms with van der Waals surface area (Å²) in [5, 5.41) is 13.0. The zero-order valence-electron chi connectivity index (χ0n) is 18.9. The minimum atomic E-state index is -4.90. The van der Waals surface area contributed by atoms with E-state index in [1.807, 2.05) is 0 Å². The summed E-state index contributed by atoms with van der Waals surface area (Å²) in [6, 6.07) is 9.05. The van der Waals surface area contributed by atoms with Crippen molar-refractivity contribution in [3.05, 3.63) is 76.9 Å². The Bertz CT molecular complexity index is 1230. The molecule has 2 aromatic carbocycles. The predicted octanol–water partition coefficient (Wildman–Crippen LogP) is 4.64. The summed E-state index contributed by atoms with van der Waals surface area (Å²) < 4.78 is 48.2. The summed E-state index contributed by atoms with van der Waals surface area (Å²) >= 11 is 0. The van der Waals surface area contributed by atoms with Crippen LogP contribution in [0.4, 0.5) is 13.2 Å². The summed E-state index contributed by atoms with van der Waals surface area (Å²) in [5.74, 6) is -2.79. The number of nitrogens with zero attached hydrogens (tertiary/aromatic N) is 2. The topological polar surface area (TPSA) is 93.5 Å². The Morgan fingerprint density at radius 3 is 2.40 bits per heavy atom. The van der Waals surface area contributed by atoms with Gasteiger partial charge in [-0.3, -0.25) is 9.59 Å². The highest BCUT2D eigenvalue weighted by Crippen LogP contribution is 2.45. The summed E-state index contributed by atoms with van der Waals surface area (Å²) in [7, 11) is 1.76. The number of Topliss-reactive ketones (excluding diaryl/α,β-unsaturated/α-hetero) is 1. The van der Waals surface area contributed by atoms with E-state index in [9.17, 15) is 27.9 Å². The third kappa shape index (κ3) is 5.47. The number of alkyl halides is 3. The van der Waals surface area contributed by atoms with Crippen LogP contribution < -0.4 is 10.1 Å². The van der Waals surface area contributed by atoms with Crippen LogP contribution >= 0.6 is 0 Å². The molecule has 0 unspecified atom stereocenters. The molecule has 0 bridgehead atoms. The number of phenols is 1. The molecule has 4 rings (SSSR count). The number of carbonyl (C=O) groups excluding carboxylic acids is 2. The highest BCUT2D eigenvalue weighted by molar-refractivity contribution is 6.01. The summed E-state index contributed by atoms with van der Waals surface area (Å²) in [5.41, 5.74) is -0.0118. The maximum absolute atomic E-state index is 13.7. The van der Waals surface area contributed by atoms with Gasteiger partial charge < -0.3 is 19.7 Å². The van der Waals surface area contributed by atoms with Crippen LogP contribution in [0, 0.1) is 5.92 Å². The first kappa shape index (κ1) is 24.3. The number of ketones is 1. The second-order valence-corrected chi connectivity index (χ2v) is 8.54. The van der Waals surface area contributed by atoms with E-state index in [1.54, 1.807) is 42.1 Å². The van der Waals surface area contributed by atoms with E-state index in [1.165, 1.54) is 12.4 Å². The van der Waals surface area contributed by atoms with E-state index >= 15 is 0 Å². The van der Waals surface area contributed by atoms with Gasteiger partial charge in [-0.1, -0.05) is 30.7 Å². The number of hydrogen-bond donors (Lipinski definition) is 2. The highest BCUT2D eigenvalue weighted by atomic mass is 19.4. The number of carbonyl (C=O) groups is 2. The molecule has 1 aromatic heterocycles. The van der Waals surface area contributed by atoms with Crippen molar-refractivity contribution in [1.82, 2.24) is 14.9 Å². The van der Waals surface area contributed by atoms with E-state index in [4.69, 9.17) is 4.74 Å². The molecule has 35 heavy (non-hydrogen) atoms. The van der Waals surface area contributed by atoms with Gasteiger partial charge in [0.25, 0.3) is 5.91 Å². The van der Waals surface area contributed by atoms with Crippen molar-refractivity contribution in [2.75, 3.05) is 0 Å². The number of aryl methyl sites for hydroxylation is 1. The minimum Gasteiger partial charge on any atom is -0.506 e. The minimum absolute atomic E-state index is 0.182. The molecule has 2 N–H and O–H groups in total. The number of aromatic nitrogens is 2. The van der Waals surface area contributed by atoms with Crippen LogP contribution in [0.15, 0.2) is 48.9 Å². The van der Waals surface area contributed by atoms with Crippen LogP contribution in [0.5, 0.6) is 11.5 Å². The zero-order valence-corrected chi connectivity index (χ0v) is 18.9. The number of phenolic OH excluding ortho intramolecular Hbond substituents is 1. The zero-order chi connectivity index (χ0) is 25.2. The lowest BCUT2D eigenvalue weighted by Gasteiger charge is -2.25. The third-order valence-corrected chi connectivity index (χ3v) is 5.97. The second-order valence-electron chi connectivity index (χ2n) is 8.54. The van der Waals surface area contributed by atoms with E-state index in [2.05, 4.69) is 10.3 Å². The van der Waals surface area contributed by atoms with Crippen molar-refractivity contribution >= 4 is 11.7 Å². The van der Waals surface area contributed by atoms with Crippen molar-refractivity contribution in [2.24, 2.45) is 13.0 Å². The fourth-order valence-electron chi connectivity index (χ4n) is 3.77. The van der Waals surface area contributed by atoms with Crippen LogP contribution in [0.3, 0.4) is 0 Å². The van der Waals surface area contributed by atoms with Gasteiger partial charge in [-0.15, -0.1) is 0 Å². The van der Waals surface area contributed by atoms with E-state index in [-0.39, 0.29) is 30.5 Å². The van der Waals surface area contributed by atoms with Gasteiger partial charge in [0.2, 0.25) is 0 Å². The molecule has 0 spiro atoms. The van der Waals surface area contributed by atoms with Crippen LogP contribution in [0.25, 0.3) is 0 Å². The van der Waals surface area contributed by atoms with E-state index in [0.29, 0.717) is 24.1 Å². The number of nitrogens with one attached hydrogen (secondary N) is 1. The van der Waals surface area contributed by atoms with Gasteiger partial charge in [0.1, 0.15) is 29.4 Å². The number of aromatic hydroxyl groups is 1. The summed E-state index contributed by atoms with van der Waals surface area (Å²) in [6.07, 6.45) is 0.290. The Morgan fingerprint density at radius 2 is 1.83 bits per heavy atom. The molecule has 10 heteroatoms. The van der Waals surface area contributed by atoms with Gasteiger partial charge in [-0.25, -0.2) is 4.98 Å². The molecule has 0 radical (unpaired) electrons. The average molecular weight is 487 g/mol. The van der Waals surface area contributed by atoms with Gasteiger partial charge in [-0.2, -0.15) is 13.2 Å². The van der Waals surface area contributed by atoms with Gasteiger partial charge >= 0.3 is 6.18 Å². The van der Waals surface area contributed by atoms with Crippen LogP contribution in [0.1, 0.15) is 56.8 Å². The lowest BCUT2D eigenvalue weighted by molar-refractivity contribution is -0.140. The fourth-order valence-corrected chi connectivity index (χ4v) is 3.77. The predicted molar refractivity (Wildman–Crippen MR) is 120 cm³/mol. The van der Waals surface area contributed by atoms with Crippen LogP contribution in [-0.2, 0) is 26.4 Å². The maximum atomic E-state index is 13.7. The quantitative estimate of drug-likeness (QED) is 0.452. The van der Waals surface area contributed by atoms with Crippen molar-refractivity contribution < 1.29 is 32.6 Å². The third-order valence-electron chi connectivity index (χ3n) is 5.97. The average Bonchev–Trinajstić information content (AvgIpc) is 3.21. The standard InChI is InChI=1S/C25H24F3N3O4/c1-31-12-19(30-14-31)24(34)29-11-15-5-7-16(8-6-15)13-35-20-10-9-18(22(32)17-3-2-4-17)23(33)21(20)25(26,27)28/h5-10,12,14,17,33H,2-4,11,13H2,1H3,(H,29,34). The van der Waals surface area contributed by atoms with Gasteiger partial charge in [-0.05, 0) is 36.1 Å². The van der Waals surface area contributed by atoms with E-state index in [0.717, 1.165) is 18.1 Å². The normalized spacial score (nSPS) is 13.8. The molecular formula is C25H24F3N3O4. The molecule has 184 valence electrons. The Balaban J connectivity index is 1.41. The van der Waals surface area contributed by atoms with Crippen molar-refractivity contribution in [2.45, 2.75) is 38.6 Å². The lowest BCUT2D eigenvalue weighted by Crippen LogP contribution is -2.23. The largest absolute Gasteiger partial charge is 0.506 e. The summed E-state index contributed by atoms with van der Waals surface area (Å²) in [4.78, 5) is 28.5. The van der Waals surface area contributed by atoms with Crippen molar-refractivity contribution in [3.63, 3.8) is 0 Å². The fraction of sp³-hybridized carbons (Fsp3) is 0.320. The molecule has 1 fully saturated rings. The Kier molecular flexibility index (Phi) is 6.81. The molecule has 1 amide bonds. The lowest BCUT2D eigenvalue weighted by atomic mass is 9.79.